The van der Waals surface area contributed by atoms with Crippen LogP contribution < -0.4 is 5.32 Å². The molecule has 1 aliphatic heterocycles. The third kappa shape index (κ3) is 3.55. The van der Waals surface area contributed by atoms with Crippen molar-refractivity contribution in [3.05, 3.63) is 35.4 Å². The van der Waals surface area contributed by atoms with Crippen molar-refractivity contribution in [3.8, 4) is 0 Å². The van der Waals surface area contributed by atoms with Crippen LogP contribution in [-0.2, 0) is 12.8 Å². The molecule has 0 radical (unpaired) electrons. The second-order valence-electron chi connectivity index (χ2n) is 5.03. The number of likely N-dealkylation sites (N-methyl/N-ethyl adjacent to an activating group) is 1. The van der Waals surface area contributed by atoms with Crippen molar-refractivity contribution >= 4 is 0 Å². The van der Waals surface area contributed by atoms with E-state index in [1.54, 1.807) is 11.1 Å². The van der Waals surface area contributed by atoms with Crippen LogP contribution in [0.5, 0.6) is 0 Å². The topological polar surface area (TPSA) is 15.3 Å². The summed E-state index contributed by atoms with van der Waals surface area (Å²) in [6, 6.07) is 9.49. The van der Waals surface area contributed by atoms with Gasteiger partial charge in [-0.2, -0.15) is 0 Å². The van der Waals surface area contributed by atoms with E-state index < -0.39 is 0 Å². The fraction of sp³-hybridized carbons (Fsp3) is 0.600. The molecule has 0 bridgehead atoms. The summed E-state index contributed by atoms with van der Waals surface area (Å²) in [5.74, 6) is 0. The second kappa shape index (κ2) is 6.18. The Hall–Kier alpha value is -0.860. The van der Waals surface area contributed by atoms with Crippen molar-refractivity contribution in [1.82, 2.24) is 10.2 Å². The first-order valence-corrected chi connectivity index (χ1v) is 6.82. The van der Waals surface area contributed by atoms with Gasteiger partial charge in [-0.25, -0.2) is 0 Å². The monoisotopic (exact) mass is 232 g/mol. The molecular weight excluding hydrogens is 208 g/mol. The predicted molar refractivity (Wildman–Crippen MR) is 73.4 cm³/mol. The molecule has 2 rings (SSSR count). The van der Waals surface area contributed by atoms with Crippen LogP contribution in [0, 0.1) is 0 Å². The van der Waals surface area contributed by atoms with E-state index in [0.29, 0.717) is 6.04 Å². The SMILES string of the molecule is CCNC(C)CN1CCc2ccccc2CC1. The summed E-state index contributed by atoms with van der Waals surface area (Å²) in [6.45, 7) is 9.09. The Morgan fingerprint density at radius 3 is 2.29 bits per heavy atom. The summed E-state index contributed by atoms with van der Waals surface area (Å²) in [5, 5.41) is 3.49. The highest BCUT2D eigenvalue weighted by Gasteiger charge is 2.14. The lowest BCUT2D eigenvalue weighted by atomic mass is 10.0. The zero-order chi connectivity index (χ0) is 12.1. The predicted octanol–water partition coefficient (Wildman–Crippen LogP) is 2.09. The first kappa shape index (κ1) is 12.6. The Labute approximate surface area is 105 Å². The number of rotatable bonds is 4. The standard InChI is InChI=1S/C15H24N2/c1-3-16-13(2)12-17-10-8-14-6-4-5-7-15(14)9-11-17/h4-7,13,16H,3,8-12H2,1-2H3. The Kier molecular flexibility index (Phi) is 4.57. The molecule has 1 atom stereocenters. The summed E-state index contributed by atoms with van der Waals surface area (Å²) in [4.78, 5) is 2.59. The van der Waals surface area contributed by atoms with E-state index >= 15 is 0 Å². The van der Waals surface area contributed by atoms with Gasteiger partial charge in [-0.05, 0) is 37.4 Å². The van der Waals surface area contributed by atoms with Crippen LogP contribution in [0.2, 0.25) is 0 Å². The fourth-order valence-corrected chi connectivity index (χ4v) is 2.70. The largest absolute Gasteiger partial charge is 0.313 e. The van der Waals surface area contributed by atoms with Crippen molar-refractivity contribution in [2.75, 3.05) is 26.2 Å². The highest BCUT2D eigenvalue weighted by atomic mass is 15.1. The Morgan fingerprint density at radius 2 is 1.76 bits per heavy atom. The summed E-state index contributed by atoms with van der Waals surface area (Å²) in [7, 11) is 0. The van der Waals surface area contributed by atoms with Gasteiger partial charge in [0.15, 0.2) is 0 Å². The quantitative estimate of drug-likeness (QED) is 0.855. The molecule has 1 N–H and O–H groups in total. The smallest absolute Gasteiger partial charge is 0.0166 e. The summed E-state index contributed by atoms with van der Waals surface area (Å²) in [5.41, 5.74) is 3.09. The van der Waals surface area contributed by atoms with E-state index in [2.05, 4.69) is 48.3 Å². The third-order valence-electron chi connectivity index (χ3n) is 3.60. The molecule has 1 heterocycles. The Balaban J connectivity index is 1.90. The molecule has 17 heavy (non-hydrogen) atoms. The molecule has 2 nitrogen and oxygen atoms in total. The first-order chi connectivity index (χ1) is 8.29. The normalized spacial score (nSPS) is 18.5. The number of hydrogen-bond acceptors (Lipinski definition) is 2. The Morgan fingerprint density at radius 1 is 1.18 bits per heavy atom. The molecule has 1 aliphatic rings. The molecule has 1 unspecified atom stereocenters. The van der Waals surface area contributed by atoms with Gasteiger partial charge in [0.1, 0.15) is 0 Å². The minimum absolute atomic E-state index is 0.598. The lowest BCUT2D eigenvalue weighted by molar-refractivity contribution is 0.259. The van der Waals surface area contributed by atoms with Gasteiger partial charge in [0.05, 0.1) is 0 Å². The van der Waals surface area contributed by atoms with Crippen LogP contribution in [0.4, 0.5) is 0 Å². The van der Waals surface area contributed by atoms with Gasteiger partial charge in [0.2, 0.25) is 0 Å². The molecule has 0 saturated heterocycles. The zero-order valence-corrected chi connectivity index (χ0v) is 11.1. The van der Waals surface area contributed by atoms with Crippen molar-refractivity contribution < 1.29 is 0 Å². The maximum atomic E-state index is 3.49. The van der Waals surface area contributed by atoms with Crippen LogP contribution in [-0.4, -0.2) is 37.1 Å². The molecule has 0 fully saturated rings. The minimum atomic E-state index is 0.598. The summed E-state index contributed by atoms with van der Waals surface area (Å²) >= 11 is 0. The summed E-state index contributed by atoms with van der Waals surface area (Å²) in [6.07, 6.45) is 2.41. The second-order valence-corrected chi connectivity index (χ2v) is 5.03. The molecule has 0 saturated carbocycles. The van der Waals surface area contributed by atoms with Crippen LogP contribution >= 0.6 is 0 Å². The number of hydrogen-bond donors (Lipinski definition) is 1. The minimum Gasteiger partial charge on any atom is -0.313 e. The van der Waals surface area contributed by atoms with E-state index in [-0.39, 0.29) is 0 Å². The maximum Gasteiger partial charge on any atom is 0.0166 e. The zero-order valence-electron chi connectivity index (χ0n) is 11.1. The molecule has 0 amide bonds. The van der Waals surface area contributed by atoms with Crippen LogP contribution in [0.15, 0.2) is 24.3 Å². The average Bonchev–Trinajstić information content (AvgIpc) is 2.53. The molecule has 0 aliphatic carbocycles. The molecule has 2 heteroatoms. The van der Waals surface area contributed by atoms with E-state index in [9.17, 15) is 0 Å². The average molecular weight is 232 g/mol. The van der Waals surface area contributed by atoms with Crippen molar-refractivity contribution in [2.45, 2.75) is 32.7 Å². The molecule has 1 aromatic carbocycles. The third-order valence-corrected chi connectivity index (χ3v) is 3.60. The fourth-order valence-electron chi connectivity index (χ4n) is 2.70. The van der Waals surface area contributed by atoms with Gasteiger partial charge in [0, 0.05) is 25.7 Å². The van der Waals surface area contributed by atoms with E-state index in [0.717, 1.165) is 6.54 Å². The number of benzene rings is 1. The highest BCUT2D eigenvalue weighted by Crippen LogP contribution is 2.15. The van der Waals surface area contributed by atoms with Gasteiger partial charge in [-0.1, -0.05) is 31.2 Å². The Bertz CT molecular complexity index is 322. The van der Waals surface area contributed by atoms with Crippen LogP contribution in [0.3, 0.4) is 0 Å². The van der Waals surface area contributed by atoms with Gasteiger partial charge in [-0.15, -0.1) is 0 Å². The molecule has 1 aromatic rings. The van der Waals surface area contributed by atoms with Gasteiger partial charge in [-0.3, -0.25) is 0 Å². The van der Waals surface area contributed by atoms with Gasteiger partial charge in [0.25, 0.3) is 0 Å². The lowest BCUT2D eigenvalue weighted by Gasteiger charge is -2.24. The van der Waals surface area contributed by atoms with Crippen molar-refractivity contribution in [3.63, 3.8) is 0 Å². The molecule has 0 aromatic heterocycles. The first-order valence-electron chi connectivity index (χ1n) is 6.82. The molecule has 0 spiro atoms. The number of nitrogens with zero attached hydrogens (tertiary/aromatic N) is 1. The van der Waals surface area contributed by atoms with E-state index in [1.165, 1.54) is 32.5 Å². The van der Waals surface area contributed by atoms with E-state index in [4.69, 9.17) is 0 Å². The number of fused-ring (bicyclic) bond motifs is 1. The van der Waals surface area contributed by atoms with Crippen molar-refractivity contribution in [2.24, 2.45) is 0 Å². The highest BCUT2D eigenvalue weighted by molar-refractivity contribution is 5.28. The van der Waals surface area contributed by atoms with Crippen LogP contribution in [0.25, 0.3) is 0 Å². The summed E-state index contributed by atoms with van der Waals surface area (Å²) < 4.78 is 0. The van der Waals surface area contributed by atoms with Gasteiger partial charge >= 0.3 is 0 Å². The maximum absolute atomic E-state index is 3.49. The molecule has 94 valence electrons. The van der Waals surface area contributed by atoms with Crippen LogP contribution in [0.1, 0.15) is 25.0 Å². The van der Waals surface area contributed by atoms with Crippen molar-refractivity contribution in [1.29, 1.82) is 0 Å². The number of nitrogens with one attached hydrogen (secondary N) is 1. The van der Waals surface area contributed by atoms with E-state index in [1.807, 2.05) is 0 Å². The lowest BCUT2D eigenvalue weighted by Crippen LogP contribution is -2.40. The van der Waals surface area contributed by atoms with Gasteiger partial charge < -0.3 is 10.2 Å². The molecular formula is C15H24N2.